The van der Waals surface area contributed by atoms with Crippen LogP contribution in [-0.4, -0.2) is 0 Å². The highest BCUT2D eigenvalue weighted by atomic mass is 14.2. The van der Waals surface area contributed by atoms with E-state index in [-0.39, 0.29) is 0 Å². The summed E-state index contributed by atoms with van der Waals surface area (Å²) in [4.78, 5) is 0. The van der Waals surface area contributed by atoms with E-state index in [0.29, 0.717) is 5.41 Å². The zero-order valence-electron chi connectivity index (χ0n) is 20.1. The quantitative estimate of drug-likeness (QED) is 0.164. The molecule has 0 atom stereocenters. The molecule has 0 aromatic heterocycles. The first-order chi connectivity index (χ1) is 13.1. The Morgan fingerprint density at radius 3 is 0.815 bits per heavy atom. The summed E-state index contributed by atoms with van der Waals surface area (Å²) in [6.07, 6.45) is 32.0. The van der Waals surface area contributed by atoms with Gasteiger partial charge in [-0.15, -0.1) is 0 Å². The van der Waals surface area contributed by atoms with Crippen molar-refractivity contribution in [3.8, 4) is 0 Å². The van der Waals surface area contributed by atoms with Gasteiger partial charge in [0.1, 0.15) is 0 Å². The average Bonchev–Trinajstić information content (AvgIpc) is 2.64. The molecule has 0 spiro atoms. The maximum atomic E-state index is 2.51. The third-order valence-electron chi connectivity index (χ3n) is 6.41. The fourth-order valence-corrected chi connectivity index (χ4v) is 4.31. The Kier molecular flexibility index (Phi) is 20.7. The molecule has 0 heteroatoms. The molecule has 0 aliphatic carbocycles. The summed E-state index contributed by atoms with van der Waals surface area (Å²) < 4.78 is 0. The minimum atomic E-state index is 0.584. The summed E-state index contributed by atoms with van der Waals surface area (Å²) in [5, 5.41) is 0. The fraction of sp³-hybridized carbons (Fsp3) is 1.00. The van der Waals surface area contributed by atoms with Gasteiger partial charge in [0.25, 0.3) is 0 Å². The lowest BCUT2D eigenvalue weighted by Crippen LogP contribution is -2.11. The first-order valence-electron chi connectivity index (χ1n) is 13.1. The van der Waals surface area contributed by atoms with Crippen molar-refractivity contribution < 1.29 is 0 Å². The molecule has 0 fully saturated rings. The van der Waals surface area contributed by atoms with Crippen molar-refractivity contribution in [1.29, 1.82) is 0 Å². The maximum Gasteiger partial charge on any atom is -0.0354 e. The molecule has 0 rings (SSSR count). The number of unbranched alkanes of at least 4 members (excludes halogenated alkanes) is 18. The molecule has 0 amide bonds. The number of hydrogen-bond acceptors (Lipinski definition) is 0. The zero-order valence-corrected chi connectivity index (χ0v) is 20.1. The van der Waals surface area contributed by atoms with Crippen LogP contribution in [0.5, 0.6) is 0 Å². The number of hydrogen-bond donors (Lipinski definition) is 0. The van der Waals surface area contributed by atoms with E-state index in [1.165, 1.54) is 141 Å². The summed E-state index contributed by atoms with van der Waals surface area (Å²) in [6.45, 7) is 9.62. The fourth-order valence-electron chi connectivity index (χ4n) is 4.31. The van der Waals surface area contributed by atoms with Crippen molar-refractivity contribution in [2.45, 2.75) is 169 Å². The molecule has 0 aromatic rings. The van der Waals surface area contributed by atoms with Gasteiger partial charge < -0.3 is 0 Å². The Bertz CT molecular complexity index is 265. The second-order valence-corrected chi connectivity index (χ2v) is 10.0. The Morgan fingerprint density at radius 2 is 0.556 bits per heavy atom. The summed E-state index contributed by atoms with van der Waals surface area (Å²) >= 11 is 0. The summed E-state index contributed by atoms with van der Waals surface area (Å²) in [5.41, 5.74) is 0.584. The molecular formula is C27H56. The normalized spacial score (nSPS) is 12.0. The van der Waals surface area contributed by atoms with Crippen LogP contribution in [0.25, 0.3) is 0 Å². The third-order valence-corrected chi connectivity index (χ3v) is 6.41. The van der Waals surface area contributed by atoms with Crippen molar-refractivity contribution in [1.82, 2.24) is 0 Å². The summed E-state index contributed by atoms with van der Waals surface area (Å²) in [5.74, 6) is 0. The molecule has 0 heterocycles. The van der Waals surface area contributed by atoms with Crippen LogP contribution in [0.4, 0.5) is 0 Å². The van der Waals surface area contributed by atoms with Gasteiger partial charge in [-0.05, 0) is 18.3 Å². The molecule has 0 N–H and O–H groups in total. The van der Waals surface area contributed by atoms with Gasteiger partial charge in [0.2, 0.25) is 0 Å². The smallest absolute Gasteiger partial charge is 0.0354 e. The van der Waals surface area contributed by atoms with E-state index >= 15 is 0 Å². The minimum absolute atomic E-state index is 0.584. The predicted molar refractivity (Wildman–Crippen MR) is 127 cm³/mol. The Morgan fingerprint density at radius 1 is 0.333 bits per heavy atom. The SMILES string of the molecule is CCCCCCCCCCCCCCC(C)(C)CCCCCCCCCC. The minimum Gasteiger partial charge on any atom is -0.0654 e. The molecule has 0 saturated heterocycles. The molecule has 27 heavy (non-hydrogen) atoms. The molecule has 0 radical (unpaired) electrons. The van der Waals surface area contributed by atoms with Crippen LogP contribution in [0.15, 0.2) is 0 Å². The van der Waals surface area contributed by atoms with Crippen molar-refractivity contribution in [3.05, 3.63) is 0 Å². The van der Waals surface area contributed by atoms with Crippen LogP contribution in [-0.2, 0) is 0 Å². The molecule has 0 saturated carbocycles. The van der Waals surface area contributed by atoms with Crippen molar-refractivity contribution in [3.63, 3.8) is 0 Å². The molecule has 0 bridgehead atoms. The van der Waals surface area contributed by atoms with Crippen LogP contribution in [0.2, 0.25) is 0 Å². The van der Waals surface area contributed by atoms with Crippen LogP contribution in [0.1, 0.15) is 169 Å². The van der Waals surface area contributed by atoms with Gasteiger partial charge in [-0.25, -0.2) is 0 Å². The van der Waals surface area contributed by atoms with Gasteiger partial charge in [-0.2, -0.15) is 0 Å². The Labute approximate surface area is 174 Å². The second-order valence-electron chi connectivity index (χ2n) is 10.0. The predicted octanol–water partition coefficient (Wildman–Crippen LogP) is 10.6. The van der Waals surface area contributed by atoms with Crippen LogP contribution < -0.4 is 0 Å². The topological polar surface area (TPSA) is 0 Å². The molecule has 0 nitrogen and oxygen atoms in total. The van der Waals surface area contributed by atoms with Gasteiger partial charge in [-0.3, -0.25) is 0 Å². The molecule has 0 aromatic carbocycles. The molecular weight excluding hydrogens is 324 g/mol. The van der Waals surface area contributed by atoms with E-state index in [1.807, 2.05) is 0 Å². The lowest BCUT2D eigenvalue weighted by molar-refractivity contribution is 0.282. The van der Waals surface area contributed by atoms with Crippen LogP contribution >= 0.6 is 0 Å². The highest BCUT2D eigenvalue weighted by Crippen LogP contribution is 2.30. The lowest BCUT2D eigenvalue weighted by Gasteiger charge is -2.24. The second kappa shape index (κ2) is 20.7. The summed E-state index contributed by atoms with van der Waals surface area (Å²) in [7, 11) is 0. The van der Waals surface area contributed by atoms with E-state index in [0.717, 1.165) is 0 Å². The van der Waals surface area contributed by atoms with E-state index < -0.39 is 0 Å². The van der Waals surface area contributed by atoms with Crippen molar-refractivity contribution >= 4 is 0 Å². The van der Waals surface area contributed by atoms with E-state index in [4.69, 9.17) is 0 Å². The molecule has 0 aliphatic rings. The van der Waals surface area contributed by atoms with Gasteiger partial charge in [-0.1, -0.05) is 156 Å². The molecule has 164 valence electrons. The first-order valence-corrected chi connectivity index (χ1v) is 13.1. The zero-order chi connectivity index (χ0) is 20.1. The first kappa shape index (κ1) is 27.0. The third kappa shape index (κ3) is 22.2. The summed E-state index contributed by atoms with van der Waals surface area (Å²) in [6, 6.07) is 0. The highest BCUT2D eigenvalue weighted by molar-refractivity contribution is 4.68. The van der Waals surface area contributed by atoms with Crippen LogP contribution in [0, 0.1) is 5.41 Å². The van der Waals surface area contributed by atoms with Crippen molar-refractivity contribution in [2.24, 2.45) is 5.41 Å². The Balaban J connectivity index is 3.30. The van der Waals surface area contributed by atoms with E-state index in [2.05, 4.69) is 27.7 Å². The Hall–Kier alpha value is 0. The standard InChI is InChI=1S/C27H56/c1-5-7-9-11-13-15-16-17-18-20-22-24-26-27(3,4)25-23-21-19-14-12-10-8-6-2/h5-26H2,1-4H3. The van der Waals surface area contributed by atoms with Crippen molar-refractivity contribution in [2.75, 3.05) is 0 Å². The van der Waals surface area contributed by atoms with Gasteiger partial charge in [0, 0.05) is 0 Å². The molecule has 0 aliphatic heterocycles. The van der Waals surface area contributed by atoms with Gasteiger partial charge >= 0.3 is 0 Å². The number of rotatable bonds is 22. The van der Waals surface area contributed by atoms with Crippen LogP contribution in [0.3, 0.4) is 0 Å². The monoisotopic (exact) mass is 380 g/mol. The largest absolute Gasteiger partial charge is 0.0654 e. The van der Waals surface area contributed by atoms with Gasteiger partial charge in [0.15, 0.2) is 0 Å². The molecule has 0 unspecified atom stereocenters. The highest BCUT2D eigenvalue weighted by Gasteiger charge is 2.16. The average molecular weight is 381 g/mol. The lowest BCUT2D eigenvalue weighted by atomic mass is 9.82. The van der Waals surface area contributed by atoms with E-state index in [9.17, 15) is 0 Å². The maximum absolute atomic E-state index is 2.51. The van der Waals surface area contributed by atoms with Gasteiger partial charge in [0.05, 0.1) is 0 Å². The van der Waals surface area contributed by atoms with E-state index in [1.54, 1.807) is 0 Å².